The summed E-state index contributed by atoms with van der Waals surface area (Å²) in [6.45, 7) is 8.36. The van der Waals surface area contributed by atoms with Crippen LogP contribution in [0.4, 0.5) is 0 Å². The normalized spacial score (nSPS) is 12.0. The molecule has 0 fully saturated rings. The van der Waals surface area contributed by atoms with Crippen molar-refractivity contribution in [1.29, 1.82) is 0 Å². The molecule has 2 N–H and O–H groups in total. The summed E-state index contributed by atoms with van der Waals surface area (Å²) in [6.07, 6.45) is 2.67. The number of rotatable bonds is 7. The van der Waals surface area contributed by atoms with Gasteiger partial charge in [-0.25, -0.2) is 4.98 Å². The Balaban J connectivity index is 1.97. The van der Waals surface area contributed by atoms with Crippen molar-refractivity contribution in [3.05, 3.63) is 57.6 Å². The highest BCUT2D eigenvalue weighted by Crippen LogP contribution is 2.15. The molecule has 2 aromatic rings. The van der Waals surface area contributed by atoms with Crippen LogP contribution in [0.15, 0.2) is 35.3 Å². The van der Waals surface area contributed by atoms with Gasteiger partial charge < -0.3 is 15.0 Å². The predicted molar refractivity (Wildman–Crippen MR) is 96.8 cm³/mol. The Morgan fingerprint density at radius 2 is 2.04 bits per heavy atom. The summed E-state index contributed by atoms with van der Waals surface area (Å²) in [5.41, 5.74) is 1.28. The lowest BCUT2D eigenvalue weighted by atomic mass is 10.1. The molecule has 6 heteroatoms. The molecule has 0 bridgehead atoms. The first-order chi connectivity index (χ1) is 11.8. The molecule has 134 valence electrons. The minimum Gasteiger partial charge on any atom is -0.475 e. The van der Waals surface area contributed by atoms with E-state index in [4.69, 9.17) is 4.74 Å². The number of hydrogen-bond acceptors (Lipinski definition) is 4. The smallest absolute Gasteiger partial charge is 0.260 e. The van der Waals surface area contributed by atoms with E-state index in [-0.39, 0.29) is 11.7 Å². The molecule has 6 nitrogen and oxygen atoms in total. The second-order valence-electron chi connectivity index (χ2n) is 6.63. The molecular formula is C19H25N3O3. The van der Waals surface area contributed by atoms with Crippen LogP contribution in [0.5, 0.6) is 5.88 Å². The number of hydrogen-bond donors (Lipinski definition) is 2. The molecule has 1 amide bonds. The number of pyridine rings is 2. The minimum atomic E-state index is -0.409. The van der Waals surface area contributed by atoms with Gasteiger partial charge in [0.25, 0.3) is 11.5 Å². The fraction of sp³-hybridized carbons (Fsp3) is 0.421. The van der Waals surface area contributed by atoms with Gasteiger partial charge in [-0.1, -0.05) is 13.8 Å². The largest absolute Gasteiger partial charge is 0.475 e. The molecule has 1 atom stereocenters. The van der Waals surface area contributed by atoms with Crippen LogP contribution < -0.4 is 15.6 Å². The molecule has 0 unspecified atom stereocenters. The fourth-order valence-corrected chi connectivity index (χ4v) is 2.57. The molecule has 0 saturated carbocycles. The minimum absolute atomic E-state index is 0.0726. The van der Waals surface area contributed by atoms with Crippen molar-refractivity contribution in [1.82, 2.24) is 15.3 Å². The molecule has 0 aliphatic heterocycles. The SMILES string of the molecule is Cc1ccc(C(=O)NCc2ccnc(O[C@H](C)CC(C)C)c2)c(=O)[nH]1. The lowest BCUT2D eigenvalue weighted by Crippen LogP contribution is -2.29. The molecule has 2 aromatic heterocycles. The zero-order valence-electron chi connectivity index (χ0n) is 15.1. The van der Waals surface area contributed by atoms with Crippen molar-refractivity contribution < 1.29 is 9.53 Å². The summed E-state index contributed by atoms with van der Waals surface area (Å²) in [4.78, 5) is 30.8. The van der Waals surface area contributed by atoms with Crippen LogP contribution >= 0.6 is 0 Å². The van der Waals surface area contributed by atoms with Crippen LogP contribution in [0, 0.1) is 12.8 Å². The summed E-state index contributed by atoms with van der Waals surface area (Å²) in [6, 6.07) is 6.83. The first-order valence-electron chi connectivity index (χ1n) is 8.45. The van der Waals surface area contributed by atoms with Crippen molar-refractivity contribution in [2.75, 3.05) is 0 Å². The topological polar surface area (TPSA) is 84.1 Å². The number of aromatic nitrogens is 2. The van der Waals surface area contributed by atoms with Gasteiger partial charge in [0.05, 0.1) is 6.10 Å². The van der Waals surface area contributed by atoms with Gasteiger partial charge in [0, 0.05) is 24.5 Å². The molecule has 25 heavy (non-hydrogen) atoms. The number of aromatic amines is 1. The predicted octanol–water partition coefficient (Wildman–Crippen LogP) is 2.82. The number of carbonyl (C=O) groups is 1. The Bertz CT molecular complexity index is 783. The maximum atomic E-state index is 12.2. The Kier molecular flexibility index (Phi) is 6.33. The van der Waals surface area contributed by atoms with E-state index in [1.165, 1.54) is 6.07 Å². The highest BCUT2D eigenvalue weighted by Gasteiger charge is 2.11. The molecule has 2 rings (SSSR count). The number of aryl methyl sites for hydroxylation is 1. The fourth-order valence-electron chi connectivity index (χ4n) is 2.57. The van der Waals surface area contributed by atoms with E-state index in [1.807, 2.05) is 6.92 Å². The van der Waals surface area contributed by atoms with Gasteiger partial charge in [-0.15, -0.1) is 0 Å². The van der Waals surface area contributed by atoms with Gasteiger partial charge in [-0.3, -0.25) is 9.59 Å². The van der Waals surface area contributed by atoms with Crippen molar-refractivity contribution in [2.24, 2.45) is 5.92 Å². The molecule has 2 heterocycles. The highest BCUT2D eigenvalue weighted by molar-refractivity contribution is 5.93. The van der Waals surface area contributed by atoms with Crippen molar-refractivity contribution in [3.63, 3.8) is 0 Å². The lowest BCUT2D eigenvalue weighted by molar-refractivity contribution is 0.0949. The van der Waals surface area contributed by atoms with Gasteiger partial charge >= 0.3 is 0 Å². The number of nitrogens with one attached hydrogen (secondary N) is 2. The summed E-state index contributed by atoms with van der Waals surface area (Å²) in [7, 11) is 0. The third-order valence-corrected chi connectivity index (χ3v) is 3.68. The Hall–Kier alpha value is -2.63. The van der Waals surface area contributed by atoms with E-state index in [9.17, 15) is 9.59 Å². The van der Waals surface area contributed by atoms with Crippen molar-refractivity contribution >= 4 is 5.91 Å². The van der Waals surface area contributed by atoms with Gasteiger partial charge in [0.2, 0.25) is 5.88 Å². The number of amides is 1. The third kappa shape index (κ3) is 5.74. The maximum absolute atomic E-state index is 12.2. The molecule has 0 aliphatic rings. The first-order valence-corrected chi connectivity index (χ1v) is 8.45. The second-order valence-corrected chi connectivity index (χ2v) is 6.63. The first kappa shape index (κ1) is 18.7. The van der Waals surface area contributed by atoms with E-state index in [1.54, 1.807) is 31.3 Å². The Labute approximate surface area is 147 Å². The van der Waals surface area contributed by atoms with Crippen molar-refractivity contribution in [2.45, 2.75) is 46.8 Å². The summed E-state index contributed by atoms with van der Waals surface area (Å²) in [5.74, 6) is 0.673. The quantitative estimate of drug-likeness (QED) is 0.810. The van der Waals surface area contributed by atoms with Gasteiger partial charge in [0.15, 0.2) is 0 Å². The van der Waals surface area contributed by atoms with Crippen LogP contribution in [0.3, 0.4) is 0 Å². The Morgan fingerprint density at radius 3 is 2.72 bits per heavy atom. The standard InChI is InChI=1S/C19H25N3O3/c1-12(2)9-14(4)25-17-10-15(7-8-20-17)11-21-18(23)16-6-5-13(3)22-19(16)24/h5-8,10,12,14H,9,11H2,1-4H3,(H,21,23)(H,22,24)/t14-/m1/s1. The van der Waals surface area contributed by atoms with Crippen LogP contribution in [-0.4, -0.2) is 22.0 Å². The van der Waals surface area contributed by atoms with E-state index < -0.39 is 11.5 Å². The van der Waals surface area contributed by atoms with Gasteiger partial charge in [0.1, 0.15) is 5.56 Å². The molecule has 0 radical (unpaired) electrons. The number of nitrogens with zero attached hydrogens (tertiary/aromatic N) is 1. The molecule has 0 aromatic carbocycles. The van der Waals surface area contributed by atoms with Crippen LogP contribution in [0.25, 0.3) is 0 Å². The van der Waals surface area contributed by atoms with Crippen LogP contribution in [0.2, 0.25) is 0 Å². The number of H-pyrrole nitrogens is 1. The molecular weight excluding hydrogens is 318 g/mol. The van der Waals surface area contributed by atoms with E-state index in [0.717, 1.165) is 12.0 Å². The zero-order chi connectivity index (χ0) is 18.4. The Morgan fingerprint density at radius 1 is 1.28 bits per heavy atom. The molecule has 0 saturated heterocycles. The average molecular weight is 343 g/mol. The van der Waals surface area contributed by atoms with Crippen molar-refractivity contribution in [3.8, 4) is 5.88 Å². The average Bonchev–Trinajstić information content (AvgIpc) is 2.52. The van der Waals surface area contributed by atoms with E-state index in [0.29, 0.717) is 24.0 Å². The number of ether oxygens (including phenoxy) is 1. The summed E-state index contributed by atoms with van der Waals surface area (Å²) in [5, 5.41) is 2.75. The molecule has 0 aliphatic carbocycles. The van der Waals surface area contributed by atoms with Crippen LogP contribution in [0.1, 0.15) is 48.8 Å². The van der Waals surface area contributed by atoms with Crippen LogP contribution in [-0.2, 0) is 6.54 Å². The monoisotopic (exact) mass is 343 g/mol. The third-order valence-electron chi connectivity index (χ3n) is 3.68. The van der Waals surface area contributed by atoms with Gasteiger partial charge in [-0.2, -0.15) is 0 Å². The molecule has 0 spiro atoms. The van der Waals surface area contributed by atoms with Gasteiger partial charge in [-0.05, 0) is 49.9 Å². The van der Waals surface area contributed by atoms with E-state index >= 15 is 0 Å². The summed E-state index contributed by atoms with van der Waals surface area (Å²) >= 11 is 0. The second kappa shape index (κ2) is 8.46. The highest BCUT2D eigenvalue weighted by atomic mass is 16.5. The van der Waals surface area contributed by atoms with E-state index in [2.05, 4.69) is 29.1 Å². The zero-order valence-corrected chi connectivity index (χ0v) is 15.1. The lowest BCUT2D eigenvalue weighted by Gasteiger charge is -2.16. The number of carbonyl (C=O) groups excluding carboxylic acids is 1. The maximum Gasteiger partial charge on any atom is 0.260 e. The summed E-state index contributed by atoms with van der Waals surface area (Å²) < 4.78 is 5.81.